The average Bonchev–Trinajstić information content (AvgIpc) is 0.881. The lowest BCUT2D eigenvalue weighted by molar-refractivity contribution is -0.145. The molecule has 0 aliphatic rings. The first-order chi connectivity index (χ1) is 39.8. The molecule has 30 heteroatoms. The summed E-state index contributed by atoms with van der Waals surface area (Å²) in [5.41, 5.74) is 51.6. The van der Waals surface area contributed by atoms with E-state index in [1.54, 1.807) is 6.08 Å². The van der Waals surface area contributed by atoms with E-state index in [1.807, 2.05) is 33.8 Å². The van der Waals surface area contributed by atoms with Crippen LogP contribution in [0.2, 0.25) is 0 Å². The van der Waals surface area contributed by atoms with Crippen LogP contribution in [0, 0.1) is 0 Å². The van der Waals surface area contributed by atoms with E-state index >= 15 is 0 Å². The molecule has 30 nitrogen and oxygen atoms in total. The third-order valence-electron chi connectivity index (χ3n) is 12.8. The van der Waals surface area contributed by atoms with Gasteiger partial charge in [-0.2, -0.15) is 0 Å². The highest BCUT2D eigenvalue weighted by atomic mass is 16.5. The van der Waals surface area contributed by atoms with Crippen LogP contribution in [0.5, 0.6) is 23.0 Å². The van der Waals surface area contributed by atoms with E-state index in [2.05, 4.69) is 42.8 Å². The number of hydrazine groups is 1. The maximum atomic E-state index is 14.9. The summed E-state index contributed by atoms with van der Waals surface area (Å²) in [6.45, 7) is 7.06. The molecule has 1 aromatic heterocycles. The van der Waals surface area contributed by atoms with E-state index in [9.17, 15) is 38.7 Å². The van der Waals surface area contributed by atoms with Gasteiger partial charge in [0.2, 0.25) is 22.9 Å². The maximum Gasteiger partial charge on any atom is 0.328 e. The van der Waals surface area contributed by atoms with Gasteiger partial charge < -0.3 is 89.7 Å². The number of esters is 2. The van der Waals surface area contributed by atoms with Gasteiger partial charge in [0, 0.05) is 23.3 Å². The number of allylic oxidation sites excluding steroid dienone is 4. The summed E-state index contributed by atoms with van der Waals surface area (Å²) in [7, 11) is 3.73. The van der Waals surface area contributed by atoms with Gasteiger partial charge in [0.05, 0.1) is 32.8 Å². The Bertz CT molecular complexity index is 2780. The second kappa shape index (κ2) is 36.8. The molecule has 0 aliphatic carbocycles. The Labute approximate surface area is 488 Å². The molecule has 0 bridgehead atoms. The average molecular weight is 1190 g/mol. The number of hydrogen-bond donors (Lipinski definition) is 17. The second-order valence-corrected chi connectivity index (χ2v) is 20.2. The summed E-state index contributed by atoms with van der Waals surface area (Å²) in [5, 5.41) is 28.5. The normalized spacial score (nSPS) is 12.9. The van der Waals surface area contributed by atoms with Crippen molar-refractivity contribution in [1.82, 2.24) is 42.8 Å². The molecule has 25 N–H and O–H groups in total. The largest absolute Gasteiger partial charge is 0.507 e. The smallest absolute Gasteiger partial charge is 0.328 e. The van der Waals surface area contributed by atoms with Gasteiger partial charge in [-0.25, -0.2) is 15.6 Å². The Balaban J connectivity index is 2.10. The van der Waals surface area contributed by atoms with Crippen molar-refractivity contribution in [2.45, 2.75) is 141 Å². The molecule has 0 fully saturated rings. The number of phenolic OH excluding ortho intramolecular Hbond substituents is 1. The highest BCUT2D eigenvalue weighted by Gasteiger charge is 2.31. The van der Waals surface area contributed by atoms with Crippen LogP contribution in [0.1, 0.15) is 90.2 Å². The van der Waals surface area contributed by atoms with Gasteiger partial charge in [0.15, 0.2) is 24.7 Å². The lowest BCUT2D eigenvalue weighted by atomic mass is 9.98. The van der Waals surface area contributed by atoms with Gasteiger partial charge in [0.1, 0.15) is 71.3 Å². The van der Waals surface area contributed by atoms with Gasteiger partial charge in [-0.05, 0) is 118 Å². The molecule has 0 saturated carbocycles. The second-order valence-electron chi connectivity index (χ2n) is 20.2. The number of benzene rings is 2. The van der Waals surface area contributed by atoms with Crippen molar-refractivity contribution >= 4 is 57.3 Å². The molecule has 4 atom stereocenters. The standard InChI is InChI=1S/C54H90N16O14/c1-28(2)16-18-30-37(82-26-36(71)45(74)32(12-8-20-63-51(55)56)69-70-35(50(78)81-7)15-11-23-66-54(61)62)24-39-43(44(30)73)46(75)42-31(19-17-29(3)4)47(79-5)40(25-38(42)84-39)83-27-41(72)67-33(13-9-21-64-52(57)58)48(76)68-34(49(77)80-6)14-10-22-65-53(59)60/h16-17,24-25,32-35,51-54,63-66,69-70,73H,8-15,18-23,26-27,55-62H2,1-7H3,(H,67,72)(H,68,76)/t32-,33-,34-,35-/m0/s1. The lowest BCUT2D eigenvalue weighted by Gasteiger charge is -2.23. The topological polar surface area (TPSA) is 503 Å². The Hall–Kier alpha value is -6.75. The molecule has 1 heterocycles. The number of amides is 2. The highest BCUT2D eigenvalue weighted by molar-refractivity contribution is 6.39. The number of phenols is 1. The number of nitrogens with one attached hydrogen (secondary N) is 8. The van der Waals surface area contributed by atoms with Crippen LogP contribution < -0.4 is 108 Å². The predicted molar refractivity (Wildman–Crippen MR) is 315 cm³/mol. The molecule has 0 saturated heterocycles. The zero-order chi connectivity index (χ0) is 62.6. The van der Waals surface area contributed by atoms with Crippen molar-refractivity contribution in [1.29, 1.82) is 0 Å². The zero-order valence-corrected chi connectivity index (χ0v) is 49.1. The fraction of sp³-hybridized carbons (Fsp3) is 0.574. The summed E-state index contributed by atoms with van der Waals surface area (Å²) in [6, 6.07) is -1.77. The minimum atomic E-state index is -1.20. The Morgan fingerprint density at radius 2 is 1.01 bits per heavy atom. The van der Waals surface area contributed by atoms with Crippen molar-refractivity contribution in [3.05, 3.63) is 56.8 Å². The van der Waals surface area contributed by atoms with Crippen LogP contribution in [0.25, 0.3) is 21.9 Å². The number of nitrogens with two attached hydrogens (primary N) is 8. The molecule has 3 aromatic rings. The summed E-state index contributed by atoms with van der Waals surface area (Å²) in [4.78, 5) is 95.8. The van der Waals surface area contributed by atoms with Crippen LogP contribution >= 0.6 is 0 Å². The third-order valence-corrected chi connectivity index (χ3v) is 12.8. The van der Waals surface area contributed by atoms with E-state index in [0.717, 1.165) is 11.1 Å². The first-order valence-corrected chi connectivity index (χ1v) is 27.5. The Kier molecular flexibility index (Phi) is 31.4. The molecule has 84 heavy (non-hydrogen) atoms. The number of carbonyl (C=O) groups is 6. The highest BCUT2D eigenvalue weighted by Crippen LogP contribution is 2.42. The van der Waals surface area contributed by atoms with E-state index in [1.165, 1.54) is 33.5 Å². The SMILES string of the molecule is COC(=O)[C@H](CCCNC(N)N)NN[C@@H](CCCNC(N)N)C(=O)C(=O)COc1cc2oc3cc(OCC(=O)N[C@@H](CCCNC(N)N)C(=O)N[C@@H](CCCNC(N)N)C(=O)OC)c(OC)c(CC=C(C)C)c3c(=O)c2c(O)c1CC=C(C)C. The minimum Gasteiger partial charge on any atom is -0.507 e. The summed E-state index contributed by atoms with van der Waals surface area (Å²) in [5.74, 6) is -5.33. The number of carbonyl (C=O) groups excluding carboxylic acids is 6. The molecular formula is C54H90N16O14. The zero-order valence-electron chi connectivity index (χ0n) is 49.1. The van der Waals surface area contributed by atoms with Gasteiger partial charge in [0.25, 0.3) is 5.91 Å². The first kappa shape index (κ1) is 71.5. The molecule has 0 unspecified atom stereocenters. The number of aromatic hydroxyl groups is 1. The predicted octanol–water partition coefficient (Wildman–Crippen LogP) is -3.00. The molecular weight excluding hydrogens is 1100 g/mol. The van der Waals surface area contributed by atoms with Crippen molar-refractivity contribution < 1.29 is 62.0 Å². The molecule has 3 rings (SSSR count). The summed E-state index contributed by atoms with van der Waals surface area (Å²) in [6.07, 6.45) is 2.39. The monoisotopic (exact) mass is 1190 g/mol. The fourth-order valence-electron chi connectivity index (χ4n) is 8.55. The van der Waals surface area contributed by atoms with E-state index < -0.39 is 109 Å². The Morgan fingerprint density at radius 1 is 0.571 bits per heavy atom. The summed E-state index contributed by atoms with van der Waals surface area (Å²) < 4.78 is 34.3. The number of Topliss-reactive ketones (excluding diaryl/α,β-unsaturated/α-hetero) is 2. The van der Waals surface area contributed by atoms with Crippen molar-refractivity contribution in [3.63, 3.8) is 0 Å². The summed E-state index contributed by atoms with van der Waals surface area (Å²) >= 11 is 0. The van der Waals surface area contributed by atoms with Crippen molar-refractivity contribution in [3.8, 4) is 23.0 Å². The number of ketones is 2. The fourth-order valence-corrected chi connectivity index (χ4v) is 8.55. The molecule has 2 amide bonds. The number of fused-ring (bicyclic) bond motifs is 2. The van der Waals surface area contributed by atoms with Crippen molar-refractivity contribution in [2.75, 3.05) is 60.7 Å². The van der Waals surface area contributed by atoms with Crippen LogP contribution in [0.15, 0.2) is 44.6 Å². The van der Waals surface area contributed by atoms with Crippen LogP contribution in [-0.4, -0.2) is 150 Å². The third kappa shape index (κ3) is 23.7. The first-order valence-electron chi connectivity index (χ1n) is 27.5. The molecule has 0 radical (unpaired) electrons. The van der Waals surface area contributed by atoms with Crippen LogP contribution in [0.3, 0.4) is 0 Å². The van der Waals surface area contributed by atoms with E-state index in [4.69, 9.17) is 74.0 Å². The van der Waals surface area contributed by atoms with E-state index in [0.29, 0.717) is 38.8 Å². The molecule has 470 valence electrons. The quantitative estimate of drug-likeness (QED) is 0.00512. The lowest BCUT2D eigenvalue weighted by Crippen LogP contribution is -2.54. The maximum absolute atomic E-state index is 14.9. The number of methoxy groups -OCH3 is 3. The number of rotatable bonds is 41. The van der Waals surface area contributed by atoms with Crippen molar-refractivity contribution in [2.24, 2.45) is 45.9 Å². The Morgan fingerprint density at radius 3 is 1.51 bits per heavy atom. The molecule has 0 spiro atoms. The van der Waals surface area contributed by atoms with Gasteiger partial charge >= 0.3 is 11.9 Å². The van der Waals surface area contributed by atoms with Crippen LogP contribution in [0.4, 0.5) is 0 Å². The number of hydrogen-bond acceptors (Lipinski definition) is 28. The van der Waals surface area contributed by atoms with E-state index in [-0.39, 0.29) is 102 Å². The van der Waals surface area contributed by atoms with Gasteiger partial charge in [-0.1, -0.05) is 23.3 Å². The minimum absolute atomic E-state index is 0.0116. The number of ether oxygens (including phenoxy) is 5. The van der Waals surface area contributed by atoms with Gasteiger partial charge in [-0.15, -0.1) is 0 Å². The molecule has 2 aromatic carbocycles. The molecule has 0 aliphatic heterocycles. The van der Waals surface area contributed by atoms with Gasteiger partial charge in [-0.3, -0.25) is 50.0 Å². The van der Waals surface area contributed by atoms with Crippen LogP contribution in [-0.2, 0) is 51.1 Å².